The smallest absolute Gasteiger partial charge is 0.356 e. The first-order valence-corrected chi connectivity index (χ1v) is 13.5. The van der Waals surface area contributed by atoms with Gasteiger partial charge in [0.15, 0.2) is 6.10 Å². The third kappa shape index (κ3) is 5.15. The topological polar surface area (TPSA) is 75.7 Å². The van der Waals surface area contributed by atoms with Gasteiger partial charge in [-0.1, -0.05) is 103 Å². The van der Waals surface area contributed by atoms with Gasteiger partial charge in [0, 0.05) is 5.75 Å². The summed E-state index contributed by atoms with van der Waals surface area (Å²) in [5.41, 5.74) is 4.10. The molecular weight excluding hydrogens is 496 g/mol. The first kappa shape index (κ1) is 25.5. The zero-order valence-corrected chi connectivity index (χ0v) is 21.8. The van der Waals surface area contributed by atoms with Gasteiger partial charge in [-0.2, -0.15) is 0 Å². The molecule has 3 aromatic rings. The average molecular weight is 525 g/mol. The third-order valence-electron chi connectivity index (χ3n) is 6.63. The zero-order chi connectivity index (χ0) is 26.6. The Bertz CT molecular complexity index is 1350. The fraction of sp³-hybridized carbons (Fsp3) is 0.194. The summed E-state index contributed by atoms with van der Waals surface area (Å²) in [6.45, 7) is 5.86. The maximum absolute atomic E-state index is 13.8. The van der Waals surface area contributed by atoms with Gasteiger partial charge in [0.25, 0.3) is 5.91 Å². The molecule has 2 aliphatic rings. The Hall–Kier alpha value is -4.10. The summed E-state index contributed by atoms with van der Waals surface area (Å²) in [7, 11) is 0. The molecule has 5 rings (SSSR count). The van der Waals surface area contributed by atoms with E-state index in [9.17, 15) is 14.4 Å². The zero-order valence-electron chi connectivity index (χ0n) is 21.0. The lowest BCUT2D eigenvalue weighted by Crippen LogP contribution is -2.70. The Labute approximate surface area is 226 Å². The van der Waals surface area contributed by atoms with Crippen molar-refractivity contribution in [3.8, 4) is 0 Å². The highest BCUT2D eigenvalue weighted by molar-refractivity contribution is 8.00. The minimum absolute atomic E-state index is 0.180. The minimum atomic E-state index is -0.704. The van der Waals surface area contributed by atoms with Crippen molar-refractivity contribution in [3.05, 3.63) is 131 Å². The van der Waals surface area contributed by atoms with Gasteiger partial charge in [0.05, 0.1) is 6.42 Å². The molecule has 2 aliphatic heterocycles. The molecule has 1 fully saturated rings. The molecule has 0 bridgehead atoms. The number of ether oxygens (including phenoxy) is 1. The molecule has 2 amide bonds. The van der Waals surface area contributed by atoms with E-state index in [0.29, 0.717) is 16.9 Å². The maximum Gasteiger partial charge on any atom is 0.356 e. The largest absolute Gasteiger partial charge is 0.448 e. The predicted octanol–water partition coefficient (Wildman–Crippen LogP) is 4.79. The summed E-state index contributed by atoms with van der Waals surface area (Å²) in [6.07, 6.45) is -0.464. The average Bonchev–Trinajstić information content (AvgIpc) is 2.95. The van der Waals surface area contributed by atoms with Crippen molar-refractivity contribution in [2.24, 2.45) is 0 Å². The fourth-order valence-electron chi connectivity index (χ4n) is 4.69. The number of hydrogen-bond acceptors (Lipinski definition) is 5. The standard InChI is InChI=1S/C31H28N2O4S/c1-20(2)24-19-38-30-26(32-25(34)18-21-12-6-3-7-13-21)29(35)33(30)27(24)31(36)37-28(22-14-8-4-9-15-22)23-16-10-5-11-17-23/h3-17,26,28,30H,1,18-19H2,2H3,(H,32,34)/t26-,30-/m1/s1. The van der Waals surface area contributed by atoms with Crippen molar-refractivity contribution in [2.75, 3.05) is 5.75 Å². The second-order valence-corrected chi connectivity index (χ2v) is 10.4. The predicted molar refractivity (Wildman–Crippen MR) is 148 cm³/mol. The van der Waals surface area contributed by atoms with Crippen molar-refractivity contribution >= 4 is 29.5 Å². The number of carbonyl (C=O) groups excluding carboxylic acids is 3. The van der Waals surface area contributed by atoms with Crippen LogP contribution in [0.1, 0.15) is 29.7 Å². The molecule has 0 aliphatic carbocycles. The van der Waals surface area contributed by atoms with Gasteiger partial charge in [-0.3, -0.25) is 14.5 Å². The van der Waals surface area contributed by atoms with Crippen LogP contribution in [0.15, 0.2) is 114 Å². The van der Waals surface area contributed by atoms with E-state index in [1.54, 1.807) is 0 Å². The minimum Gasteiger partial charge on any atom is -0.448 e. The molecule has 3 aromatic carbocycles. The lowest BCUT2D eigenvalue weighted by molar-refractivity contribution is -0.154. The normalized spacial score (nSPS) is 18.5. The number of carbonyl (C=O) groups is 3. The molecule has 6 nitrogen and oxygen atoms in total. The number of hydrogen-bond donors (Lipinski definition) is 1. The van der Waals surface area contributed by atoms with E-state index in [1.165, 1.54) is 16.7 Å². The summed E-state index contributed by atoms with van der Waals surface area (Å²) in [5, 5.41) is 2.47. The SMILES string of the molecule is C=C(C)C1=C(C(=O)OC(c2ccccc2)c2ccccc2)N2C(=O)[C@@H](NC(=O)Cc3ccccc3)[C@H]2SC1. The van der Waals surface area contributed by atoms with Gasteiger partial charge in [-0.05, 0) is 29.2 Å². The van der Waals surface area contributed by atoms with Crippen LogP contribution in [0.5, 0.6) is 0 Å². The number of allylic oxidation sites excluding steroid dienone is 1. The summed E-state index contributed by atoms with van der Waals surface area (Å²) in [6, 6.07) is 27.7. The molecule has 1 N–H and O–H groups in total. The Kier molecular flexibility index (Phi) is 7.47. The van der Waals surface area contributed by atoms with Gasteiger partial charge >= 0.3 is 5.97 Å². The first-order valence-electron chi connectivity index (χ1n) is 12.4. The monoisotopic (exact) mass is 524 g/mol. The highest BCUT2D eigenvalue weighted by Gasteiger charge is 2.54. The molecular formula is C31H28N2O4S. The molecule has 0 saturated carbocycles. The van der Waals surface area contributed by atoms with E-state index in [4.69, 9.17) is 4.74 Å². The molecule has 38 heavy (non-hydrogen) atoms. The van der Waals surface area contributed by atoms with Gasteiger partial charge in [-0.25, -0.2) is 4.79 Å². The number of fused-ring (bicyclic) bond motifs is 1. The number of thioether (sulfide) groups is 1. The van der Waals surface area contributed by atoms with Crippen LogP contribution in [0.25, 0.3) is 0 Å². The van der Waals surface area contributed by atoms with Crippen LogP contribution in [0, 0.1) is 0 Å². The van der Waals surface area contributed by atoms with Gasteiger partial charge in [0.2, 0.25) is 5.91 Å². The van der Waals surface area contributed by atoms with Crippen LogP contribution in [0.3, 0.4) is 0 Å². The molecule has 0 unspecified atom stereocenters. The van der Waals surface area contributed by atoms with E-state index < -0.39 is 18.1 Å². The van der Waals surface area contributed by atoms with Crippen LogP contribution in [-0.2, 0) is 25.5 Å². The van der Waals surface area contributed by atoms with Crippen molar-refractivity contribution in [2.45, 2.75) is 30.9 Å². The molecule has 2 heterocycles. The second-order valence-electron chi connectivity index (χ2n) is 9.33. The van der Waals surface area contributed by atoms with Crippen LogP contribution < -0.4 is 5.32 Å². The summed E-state index contributed by atoms with van der Waals surface area (Å²) >= 11 is 1.51. The summed E-state index contributed by atoms with van der Waals surface area (Å²) < 4.78 is 6.11. The molecule has 2 atom stereocenters. The van der Waals surface area contributed by atoms with Crippen molar-refractivity contribution in [3.63, 3.8) is 0 Å². The molecule has 0 spiro atoms. The van der Waals surface area contributed by atoms with Crippen LogP contribution in [0.4, 0.5) is 0 Å². The first-order chi connectivity index (χ1) is 18.4. The van der Waals surface area contributed by atoms with Gasteiger partial charge < -0.3 is 10.1 Å². The highest BCUT2D eigenvalue weighted by Crippen LogP contribution is 2.43. The van der Waals surface area contributed by atoms with E-state index in [2.05, 4.69) is 11.9 Å². The number of nitrogens with one attached hydrogen (secondary N) is 1. The van der Waals surface area contributed by atoms with Gasteiger partial charge in [-0.15, -0.1) is 11.8 Å². The number of esters is 1. The van der Waals surface area contributed by atoms with Crippen molar-refractivity contribution < 1.29 is 19.1 Å². The Morgan fingerprint density at radius 2 is 1.53 bits per heavy atom. The Balaban J connectivity index is 1.38. The third-order valence-corrected chi connectivity index (χ3v) is 7.91. The summed E-state index contributed by atoms with van der Waals surface area (Å²) in [4.78, 5) is 41.2. The van der Waals surface area contributed by atoms with Crippen LogP contribution in [0.2, 0.25) is 0 Å². The molecule has 1 saturated heterocycles. The van der Waals surface area contributed by atoms with Crippen molar-refractivity contribution in [1.82, 2.24) is 10.2 Å². The number of benzene rings is 3. The van der Waals surface area contributed by atoms with E-state index >= 15 is 0 Å². The fourth-order valence-corrected chi connectivity index (χ4v) is 6.14. The number of β-lactam (4-membered cyclic amide) rings is 1. The molecule has 0 radical (unpaired) electrons. The van der Waals surface area contributed by atoms with E-state index in [0.717, 1.165) is 16.7 Å². The second kappa shape index (κ2) is 11.1. The number of amides is 2. The lowest BCUT2D eigenvalue weighted by Gasteiger charge is -2.50. The Morgan fingerprint density at radius 3 is 2.08 bits per heavy atom. The molecule has 7 heteroatoms. The molecule has 192 valence electrons. The van der Waals surface area contributed by atoms with Crippen molar-refractivity contribution in [1.29, 1.82) is 0 Å². The van der Waals surface area contributed by atoms with Crippen LogP contribution >= 0.6 is 11.8 Å². The lowest BCUT2D eigenvalue weighted by atomic mass is 9.99. The highest BCUT2D eigenvalue weighted by atomic mass is 32.2. The van der Waals surface area contributed by atoms with E-state index in [1.807, 2.05) is 97.9 Å². The number of nitrogens with zero attached hydrogens (tertiary/aromatic N) is 1. The molecule has 0 aromatic heterocycles. The van der Waals surface area contributed by atoms with Crippen LogP contribution in [-0.4, -0.2) is 39.9 Å². The van der Waals surface area contributed by atoms with Gasteiger partial charge in [0.1, 0.15) is 17.1 Å². The Morgan fingerprint density at radius 1 is 0.974 bits per heavy atom. The number of rotatable bonds is 8. The summed E-state index contributed by atoms with van der Waals surface area (Å²) in [5.74, 6) is -0.666. The van der Waals surface area contributed by atoms with E-state index in [-0.39, 0.29) is 29.3 Å². The quantitative estimate of drug-likeness (QED) is 0.339. The maximum atomic E-state index is 13.8.